The van der Waals surface area contributed by atoms with Gasteiger partial charge in [0.25, 0.3) is 0 Å². The van der Waals surface area contributed by atoms with E-state index in [9.17, 15) is 8.42 Å². The highest BCUT2D eigenvalue weighted by Crippen LogP contribution is 2.30. The van der Waals surface area contributed by atoms with E-state index < -0.39 is 10.0 Å². The number of primary sulfonamides is 1. The van der Waals surface area contributed by atoms with Crippen molar-refractivity contribution in [2.45, 2.75) is 30.3 Å². The first-order chi connectivity index (χ1) is 12.5. The van der Waals surface area contributed by atoms with Crippen LogP contribution >= 0.6 is 0 Å². The number of nitrogens with two attached hydrogens (primary N) is 1. The minimum absolute atomic E-state index is 0.0658. The van der Waals surface area contributed by atoms with Crippen molar-refractivity contribution in [3.63, 3.8) is 0 Å². The van der Waals surface area contributed by atoms with Crippen molar-refractivity contribution >= 4 is 27.4 Å². The maximum Gasteiger partial charge on any atom is 0.238 e. The number of benzene rings is 1. The van der Waals surface area contributed by atoms with Crippen LogP contribution in [0, 0.1) is 0 Å². The molecule has 0 spiro atoms. The summed E-state index contributed by atoms with van der Waals surface area (Å²) in [6, 6.07) is 8.05. The summed E-state index contributed by atoms with van der Waals surface area (Å²) >= 11 is 0. The quantitative estimate of drug-likeness (QED) is 0.747. The fraction of sp³-hybridized carbons (Fsp3) is 0.294. The number of nitrogens with zero attached hydrogens (tertiary/aromatic N) is 3. The number of hydrogen-bond donors (Lipinski definition) is 3. The molecule has 0 aliphatic carbocycles. The number of anilines is 2. The molecule has 1 fully saturated rings. The van der Waals surface area contributed by atoms with E-state index in [-0.39, 0.29) is 4.90 Å². The first kappa shape index (κ1) is 16.8. The van der Waals surface area contributed by atoms with E-state index in [0.717, 1.165) is 24.4 Å². The second-order valence-corrected chi connectivity index (χ2v) is 7.92. The summed E-state index contributed by atoms with van der Waals surface area (Å²) in [5.41, 5.74) is 2.61. The van der Waals surface area contributed by atoms with Gasteiger partial charge in [0.15, 0.2) is 0 Å². The second-order valence-electron chi connectivity index (χ2n) is 6.36. The van der Waals surface area contributed by atoms with Crippen LogP contribution in [-0.2, 0) is 10.0 Å². The van der Waals surface area contributed by atoms with Gasteiger partial charge in [-0.2, -0.15) is 0 Å². The van der Waals surface area contributed by atoms with Gasteiger partial charge in [-0.3, -0.25) is 0 Å². The summed E-state index contributed by atoms with van der Waals surface area (Å²) in [6.45, 7) is 1.02. The molecule has 0 bridgehead atoms. The second kappa shape index (κ2) is 6.58. The third-order valence-corrected chi connectivity index (χ3v) is 5.51. The number of fused-ring (bicyclic) bond motifs is 1. The Bertz CT molecular complexity index is 942. The highest BCUT2D eigenvalue weighted by Gasteiger charge is 2.29. The van der Waals surface area contributed by atoms with Crippen molar-refractivity contribution in [1.29, 1.82) is 0 Å². The van der Waals surface area contributed by atoms with Crippen molar-refractivity contribution in [3.05, 3.63) is 48.4 Å². The molecule has 136 valence electrons. The van der Waals surface area contributed by atoms with Gasteiger partial charge in [0, 0.05) is 24.6 Å². The van der Waals surface area contributed by atoms with Gasteiger partial charge < -0.3 is 15.5 Å². The molecule has 2 aliphatic heterocycles. The molecule has 0 amide bonds. The van der Waals surface area contributed by atoms with E-state index in [1.807, 2.05) is 12.3 Å². The molecule has 2 aromatic rings. The molecule has 8 nitrogen and oxygen atoms in total. The molecule has 2 aliphatic rings. The Labute approximate surface area is 152 Å². The molecule has 1 atom stereocenters. The van der Waals surface area contributed by atoms with E-state index in [4.69, 9.17) is 5.14 Å². The van der Waals surface area contributed by atoms with Crippen LogP contribution in [0.1, 0.15) is 25.0 Å². The molecule has 1 aromatic heterocycles. The standard InChI is InChI=1S/C17H20N6O2S/c18-26(24,25)13-6-4-12(5-7-13)21-17-19-9-8-14(22-17)15-11-20-16-3-1-2-10-23(15)16/h4-9,11,16,20H,1-3,10H2,(H2,18,24,25)(H,19,21,22). The summed E-state index contributed by atoms with van der Waals surface area (Å²) in [5.74, 6) is 0.451. The van der Waals surface area contributed by atoms with Crippen LogP contribution in [0.15, 0.2) is 47.6 Å². The van der Waals surface area contributed by atoms with Gasteiger partial charge in [0.2, 0.25) is 16.0 Å². The Morgan fingerprint density at radius 1 is 1.19 bits per heavy atom. The normalized spacial score (nSPS) is 19.5. The maximum atomic E-state index is 11.3. The van der Waals surface area contributed by atoms with E-state index in [1.54, 1.807) is 18.3 Å². The Morgan fingerprint density at radius 3 is 2.77 bits per heavy atom. The Kier molecular flexibility index (Phi) is 4.25. The summed E-state index contributed by atoms with van der Waals surface area (Å²) < 4.78 is 22.7. The van der Waals surface area contributed by atoms with Crippen LogP contribution in [0.4, 0.5) is 11.6 Å². The third-order valence-electron chi connectivity index (χ3n) is 4.58. The number of hydrogen-bond acceptors (Lipinski definition) is 7. The zero-order valence-electron chi connectivity index (χ0n) is 14.1. The molecule has 26 heavy (non-hydrogen) atoms. The van der Waals surface area contributed by atoms with Gasteiger partial charge in [0.05, 0.1) is 22.5 Å². The van der Waals surface area contributed by atoms with E-state index in [0.29, 0.717) is 17.8 Å². The molecule has 9 heteroatoms. The van der Waals surface area contributed by atoms with Crippen molar-refractivity contribution in [3.8, 4) is 0 Å². The number of piperidine rings is 1. The molecule has 0 radical (unpaired) electrons. The van der Waals surface area contributed by atoms with E-state index in [1.165, 1.54) is 25.0 Å². The number of nitrogens with one attached hydrogen (secondary N) is 2. The van der Waals surface area contributed by atoms with Crippen LogP contribution in [0.25, 0.3) is 5.70 Å². The molecule has 0 saturated carbocycles. The lowest BCUT2D eigenvalue weighted by molar-refractivity contribution is 0.226. The van der Waals surface area contributed by atoms with Crippen molar-refractivity contribution in [2.24, 2.45) is 5.14 Å². The molecule has 4 rings (SSSR count). The zero-order valence-corrected chi connectivity index (χ0v) is 14.9. The average Bonchev–Trinajstić information content (AvgIpc) is 3.06. The van der Waals surface area contributed by atoms with Crippen molar-refractivity contribution in [1.82, 2.24) is 20.2 Å². The molecule has 4 N–H and O–H groups in total. The van der Waals surface area contributed by atoms with Gasteiger partial charge in [-0.15, -0.1) is 0 Å². The largest absolute Gasteiger partial charge is 0.369 e. The Morgan fingerprint density at radius 2 is 2.00 bits per heavy atom. The number of sulfonamides is 1. The van der Waals surface area contributed by atoms with Crippen LogP contribution < -0.4 is 15.8 Å². The third kappa shape index (κ3) is 3.35. The Hall–Kier alpha value is -2.65. The van der Waals surface area contributed by atoms with Gasteiger partial charge in [-0.1, -0.05) is 0 Å². The van der Waals surface area contributed by atoms with Gasteiger partial charge in [-0.25, -0.2) is 23.5 Å². The van der Waals surface area contributed by atoms with E-state index >= 15 is 0 Å². The van der Waals surface area contributed by atoms with Gasteiger partial charge in [0.1, 0.15) is 0 Å². The fourth-order valence-corrected chi connectivity index (χ4v) is 3.81. The molecule has 1 aromatic carbocycles. The van der Waals surface area contributed by atoms with Crippen LogP contribution in [-0.4, -0.2) is 36.0 Å². The summed E-state index contributed by atoms with van der Waals surface area (Å²) in [5, 5.41) is 11.6. The van der Waals surface area contributed by atoms with Gasteiger partial charge in [-0.05, 0) is 49.6 Å². The first-order valence-electron chi connectivity index (χ1n) is 8.47. The number of aromatic nitrogens is 2. The lowest BCUT2D eigenvalue weighted by Crippen LogP contribution is -2.40. The van der Waals surface area contributed by atoms with Gasteiger partial charge >= 0.3 is 0 Å². The maximum absolute atomic E-state index is 11.3. The summed E-state index contributed by atoms with van der Waals surface area (Å²) in [7, 11) is -3.70. The van der Waals surface area contributed by atoms with E-state index in [2.05, 4.69) is 25.5 Å². The fourth-order valence-electron chi connectivity index (χ4n) is 3.29. The lowest BCUT2D eigenvalue weighted by Gasteiger charge is -2.33. The zero-order chi connectivity index (χ0) is 18.1. The number of rotatable bonds is 4. The minimum atomic E-state index is -3.70. The van der Waals surface area contributed by atoms with Crippen LogP contribution in [0.3, 0.4) is 0 Å². The molecule has 3 heterocycles. The highest BCUT2D eigenvalue weighted by molar-refractivity contribution is 7.89. The molecular formula is C17H20N6O2S. The monoisotopic (exact) mass is 372 g/mol. The smallest absolute Gasteiger partial charge is 0.238 e. The first-order valence-corrected chi connectivity index (χ1v) is 10.0. The highest BCUT2D eigenvalue weighted by atomic mass is 32.2. The van der Waals surface area contributed by atoms with Crippen LogP contribution in [0.5, 0.6) is 0 Å². The molecular weight excluding hydrogens is 352 g/mol. The average molecular weight is 372 g/mol. The summed E-state index contributed by atoms with van der Waals surface area (Å²) in [4.78, 5) is 11.3. The predicted octanol–water partition coefficient (Wildman–Crippen LogP) is 1.58. The predicted molar refractivity (Wildman–Crippen MR) is 98.6 cm³/mol. The Balaban J connectivity index is 1.53. The molecule has 1 saturated heterocycles. The van der Waals surface area contributed by atoms with Crippen molar-refractivity contribution < 1.29 is 8.42 Å². The van der Waals surface area contributed by atoms with Crippen molar-refractivity contribution in [2.75, 3.05) is 11.9 Å². The molecule has 1 unspecified atom stereocenters. The lowest BCUT2D eigenvalue weighted by atomic mass is 10.1. The minimum Gasteiger partial charge on any atom is -0.369 e. The SMILES string of the molecule is NS(=O)(=O)c1ccc(Nc2nccc(C3=CNC4CCCCN34)n2)cc1. The van der Waals surface area contributed by atoms with Crippen LogP contribution in [0.2, 0.25) is 0 Å². The topological polar surface area (TPSA) is 113 Å². The summed E-state index contributed by atoms with van der Waals surface area (Å²) in [6.07, 6.45) is 7.63.